The van der Waals surface area contributed by atoms with Crippen molar-refractivity contribution in [2.45, 2.75) is 19.3 Å². The molecule has 1 aromatic rings. The average Bonchev–Trinajstić information content (AvgIpc) is 2.79. The maximum Gasteiger partial charge on any atom is 0.181 e. The monoisotopic (exact) mass is 248 g/mol. The summed E-state index contributed by atoms with van der Waals surface area (Å²) in [7, 11) is 0. The zero-order valence-electron chi connectivity index (χ0n) is 10.6. The summed E-state index contributed by atoms with van der Waals surface area (Å²) in [6.07, 6.45) is 0.353. The van der Waals surface area contributed by atoms with Gasteiger partial charge >= 0.3 is 0 Å². The fourth-order valence-corrected chi connectivity index (χ4v) is 2.66. The van der Waals surface area contributed by atoms with Crippen molar-refractivity contribution in [3.05, 3.63) is 34.9 Å². The van der Waals surface area contributed by atoms with Crippen LogP contribution in [0.25, 0.3) is 0 Å². The topological polar surface area (TPSA) is 44.7 Å². The molecule has 2 heterocycles. The minimum atomic E-state index is -0.720. The number of benzene rings is 1. The van der Waals surface area contributed by atoms with E-state index in [0.717, 1.165) is 50.3 Å². The molecule has 1 aromatic carbocycles. The van der Waals surface area contributed by atoms with Gasteiger partial charge in [-0.15, -0.1) is 0 Å². The van der Waals surface area contributed by atoms with Crippen molar-refractivity contribution in [1.29, 1.82) is 0 Å². The molecule has 2 aliphatic heterocycles. The predicted octanol–water partition coefficient (Wildman–Crippen LogP) is 0.655. The smallest absolute Gasteiger partial charge is 0.181 e. The fraction of sp³-hybridized carbons (Fsp3) is 0.571. The number of hydrogen-bond acceptors (Lipinski definition) is 4. The molecule has 0 aliphatic carbocycles. The molecule has 18 heavy (non-hydrogen) atoms. The van der Waals surface area contributed by atoms with Gasteiger partial charge in [-0.3, -0.25) is 0 Å². The standard InChI is InChI=1S/C14H20N2O2/c17-14-13-2-1-11(9-12(13)10-18-14)3-6-16-7-4-15-5-8-16/h1-2,9,14-15,17H,3-8,10H2/t14-/m1/s1. The molecule has 4 heteroatoms. The second-order valence-electron chi connectivity index (χ2n) is 5.04. The molecular weight excluding hydrogens is 228 g/mol. The number of nitrogens with one attached hydrogen (secondary N) is 1. The molecule has 98 valence electrons. The van der Waals surface area contributed by atoms with E-state index in [9.17, 15) is 5.11 Å². The maximum atomic E-state index is 9.57. The number of piperazine rings is 1. The third-order valence-corrected chi connectivity index (χ3v) is 3.80. The summed E-state index contributed by atoms with van der Waals surface area (Å²) < 4.78 is 5.21. The summed E-state index contributed by atoms with van der Waals surface area (Å²) >= 11 is 0. The average molecular weight is 248 g/mol. The minimum absolute atomic E-state index is 0.540. The zero-order chi connectivity index (χ0) is 12.4. The Balaban J connectivity index is 1.60. The second kappa shape index (κ2) is 5.36. The largest absolute Gasteiger partial charge is 0.364 e. The van der Waals surface area contributed by atoms with E-state index in [1.807, 2.05) is 6.07 Å². The van der Waals surface area contributed by atoms with Crippen molar-refractivity contribution in [3.8, 4) is 0 Å². The Morgan fingerprint density at radius 1 is 1.33 bits per heavy atom. The molecule has 1 saturated heterocycles. The molecule has 0 radical (unpaired) electrons. The first-order valence-electron chi connectivity index (χ1n) is 6.67. The molecule has 0 saturated carbocycles. The third kappa shape index (κ3) is 2.57. The molecule has 0 bridgehead atoms. The molecule has 1 fully saturated rings. The van der Waals surface area contributed by atoms with Crippen LogP contribution < -0.4 is 5.32 Å². The van der Waals surface area contributed by atoms with E-state index in [0.29, 0.717) is 6.61 Å². The summed E-state index contributed by atoms with van der Waals surface area (Å²) in [6.45, 7) is 6.15. The number of ether oxygens (including phenoxy) is 1. The Kier molecular flexibility index (Phi) is 3.61. The molecule has 2 N–H and O–H groups in total. The normalized spacial score (nSPS) is 24.2. The molecule has 1 atom stereocenters. The highest BCUT2D eigenvalue weighted by Crippen LogP contribution is 2.29. The van der Waals surface area contributed by atoms with Gasteiger partial charge in [0.25, 0.3) is 0 Å². The molecular formula is C14H20N2O2. The van der Waals surface area contributed by atoms with Crippen LogP contribution in [0.15, 0.2) is 18.2 Å². The van der Waals surface area contributed by atoms with Crippen LogP contribution in [0.3, 0.4) is 0 Å². The van der Waals surface area contributed by atoms with Crippen LogP contribution in [0.5, 0.6) is 0 Å². The van der Waals surface area contributed by atoms with Crippen LogP contribution in [0, 0.1) is 0 Å². The third-order valence-electron chi connectivity index (χ3n) is 3.80. The van der Waals surface area contributed by atoms with Crippen LogP contribution in [0.2, 0.25) is 0 Å². The SMILES string of the molecule is O[C@@H]1OCc2cc(CCN3CCNCC3)ccc21. The number of aliphatic hydroxyl groups excluding tert-OH is 1. The Morgan fingerprint density at radius 3 is 3.00 bits per heavy atom. The van der Waals surface area contributed by atoms with Crippen molar-refractivity contribution in [3.63, 3.8) is 0 Å². The van der Waals surface area contributed by atoms with Crippen molar-refractivity contribution < 1.29 is 9.84 Å². The van der Waals surface area contributed by atoms with Gasteiger partial charge in [0.15, 0.2) is 6.29 Å². The zero-order valence-corrected chi connectivity index (χ0v) is 10.6. The predicted molar refractivity (Wildman–Crippen MR) is 69.2 cm³/mol. The van der Waals surface area contributed by atoms with E-state index in [2.05, 4.69) is 22.3 Å². The summed E-state index contributed by atoms with van der Waals surface area (Å²) in [6, 6.07) is 6.28. The van der Waals surface area contributed by atoms with Crippen LogP contribution in [0.1, 0.15) is 23.0 Å². The van der Waals surface area contributed by atoms with Gasteiger partial charge in [0.1, 0.15) is 0 Å². The van der Waals surface area contributed by atoms with Gasteiger partial charge < -0.3 is 20.1 Å². The lowest BCUT2D eigenvalue weighted by Crippen LogP contribution is -2.44. The highest BCUT2D eigenvalue weighted by molar-refractivity contribution is 5.34. The van der Waals surface area contributed by atoms with Crippen LogP contribution >= 0.6 is 0 Å². The van der Waals surface area contributed by atoms with Crippen LogP contribution in [-0.4, -0.2) is 42.7 Å². The van der Waals surface area contributed by atoms with Gasteiger partial charge in [0, 0.05) is 38.3 Å². The van der Waals surface area contributed by atoms with Crippen LogP contribution in [-0.2, 0) is 17.8 Å². The summed E-state index contributed by atoms with van der Waals surface area (Å²) in [4.78, 5) is 2.50. The van der Waals surface area contributed by atoms with Gasteiger partial charge in [-0.1, -0.05) is 18.2 Å². The lowest BCUT2D eigenvalue weighted by molar-refractivity contribution is -0.0918. The summed E-state index contributed by atoms with van der Waals surface area (Å²) in [5.74, 6) is 0. The molecule has 3 rings (SSSR count). The number of fused-ring (bicyclic) bond motifs is 1. The second-order valence-corrected chi connectivity index (χ2v) is 5.04. The summed E-state index contributed by atoms with van der Waals surface area (Å²) in [5.41, 5.74) is 3.41. The Morgan fingerprint density at radius 2 is 2.17 bits per heavy atom. The van der Waals surface area contributed by atoms with E-state index < -0.39 is 6.29 Å². The first-order valence-corrected chi connectivity index (χ1v) is 6.67. The van der Waals surface area contributed by atoms with Crippen molar-refractivity contribution in [2.75, 3.05) is 32.7 Å². The van der Waals surface area contributed by atoms with E-state index in [-0.39, 0.29) is 0 Å². The first kappa shape index (κ1) is 12.1. The number of rotatable bonds is 3. The number of hydrogen-bond donors (Lipinski definition) is 2. The van der Waals surface area contributed by atoms with E-state index in [1.165, 1.54) is 5.56 Å². The van der Waals surface area contributed by atoms with E-state index in [4.69, 9.17) is 4.74 Å². The van der Waals surface area contributed by atoms with Crippen molar-refractivity contribution >= 4 is 0 Å². The van der Waals surface area contributed by atoms with Gasteiger partial charge in [-0.05, 0) is 17.5 Å². The highest BCUT2D eigenvalue weighted by Gasteiger charge is 2.20. The highest BCUT2D eigenvalue weighted by atomic mass is 16.6. The fourth-order valence-electron chi connectivity index (χ4n) is 2.66. The number of aliphatic hydroxyl groups is 1. The van der Waals surface area contributed by atoms with Crippen LogP contribution in [0.4, 0.5) is 0 Å². The molecule has 0 amide bonds. The van der Waals surface area contributed by atoms with E-state index in [1.54, 1.807) is 0 Å². The minimum Gasteiger partial charge on any atom is -0.364 e. The lowest BCUT2D eigenvalue weighted by atomic mass is 10.0. The maximum absolute atomic E-state index is 9.57. The van der Waals surface area contributed by atoms with E-state index >= 15 is 0 Å². The molecule has 4 nitrogen and oxygen atoms in total. The quantitative estimate of drug-likeness (QED) is 0.824. The number of nitrogens with zero attached hydrogens (tertiary/aromatic N) is 1. The van der Waals surface area contributed by atoms with Gasteiger partial charge in [-0.25, -0.2) is 0 Å². The molecule has 0 spiro atoms. The lowest BCUT2D eigenvalue weighted by Gasteiger charge is -2.27. The first-order chi connectivity index (χ1) is 8.83. The van der Waals surface area contributed by atoms with Crippen molar-refractivity contribution in [1.82, 2.24) is 10.2 Å². The van der Waals surface area contributed by atoms with Gasteiger partial charge in [0.2, 0.25) is 0 Å². The van der Waals surface area contributed by atoms with Crippen molar-refractivity contribution in [2.24, 2.45) is 0 Å². The Bertz CT molecular complexity index is 416. The van der Waals surface area contributed by atoms with Gasteiger partial charge in [0.05, 0.1) is 6.61 Å². The summed E-state index contributed by atoms with van der Waals surface area (Å²) in [5, 5.41) is 12.9. The molecule has 0 unspecified atom stereocenters. The Hall–Kier alpha value is -0.940. The Labute approximate surface area is 108 Å². The molecule has 0 aromatic heterocycles. The van der Waals surface area contributed by atoms with Gasteiger partial charge in [-0.2, -0.15) is 0 Å². The molecule has 2 aliphatic rings.